The molecule has 2 heterocycles. The second-order valence-corrected chi connectivity index (χ2v) is 7.99. The van der Waals surface area contributed by atoms with Gasteiger partial charge in [-0.2, -0.15) is 5.26 Å². The third kappa shape index (κ3) is 3.55. The minimum absolute atomic E-state index is 0.134. The minimum Gasteiger partial charge on any atom is -0.394 e. The average Bonchev–Trinajstić information content (AvgIpc) is 2.78. The van der Waals surface area contributed by atoms with Gasteiger partial charge in [0.2, 0.25) is 0 Å². The molecule has 1 aromatic heterocycles. The lowest BCUT2D eigenvalue weighted by molar-refractivity contribution is -0.252. The van der Waals surface area contributed by atoms with E-state index in [2.05, 4.69) is 6.07 Å². The van der Waals surface area contributed by atoms with Gasteiger partial charge in [-0.1, -0.05) is 54.7 Å². The lowest BCUT2D eigenvalue weighted by atomic mass is 9.94. The molecule has 0 unspecified atom stereocenters. The number of aliphatic hydroxyl groups excluding tert-OH is 4. The summed E-state index contributed by atoms with van der Waals surface area (Å²) in [7, 11) is 0. The Kier molecular flexibility index (Phi) is 5.90. The van der Waals surface area contributed by atoms with Crippen LogP contribution < -0.4 is 0 Å². The third-order valence-corrected chi connectivity index (χ3v) is 6.15. The maximum atomic E-state index is 10.5. The highest BCUT2D eigenvalue weighted by molar-refractivity contribution is 7.71. The van der Waals surface area contributed by atoms with Crippen molar-refractivity contribution in [1.29, 1.82) is 5.26 Å². The summed E-state index contributed by atoms with van der Waals surface area (Å²) < 4.78 is 7.25. The summed E-state index contributed by atoms with van der Waals surface area (Å²) in [6.45, 7) is 1.21. The number of aliphatic hydroxyl groups is 4. The van der Waals surface area contributed by atoms with Gasteiger partial charge >= 0.3 is 0 Å². The number of aromatic nitrogens is 1. The summed E-state index contributed by atoms with van der Waals surface area (Å²) in [6.07, 6.45) is -6.76. The van der Waals surface area contributed by atoms with Gasteiger partial charge < -0.3 is 29.7 Å². The second-order valence-electron chi connectivity index (χ2n) is 7.61. The largest absolute Gasteiger partial charge is 0.394 e. The summed E-state index contributed by atoms with van der Waals surface area (Å²) in [5, 5.41) is 52.2. The van der Waals surface area contributed by atoms with Crippen molar-refractivity contribution < 1.29 is 25.2 Å². The van der Waals surface area contributed by atoms with Crippen molar-refractivity contribution in [2.45, 2.75) is 37.6 Å². The molecule has 4 rings (SSSR count). The number of fused-ring (bicyclic) bond motifs is 1. The van der Waals surface area contributed by atoms with E-state index in [0.29, 0.717) is 11.3 Å². The van der Waals surface area contributed by atoms with Gasteiger partial charge in [0.25, 0.3) is 0 Å². The van der Waals surface area contributed by atoms with E-state index in [1.807, 2.05) is 42.5 Å². The van der Waals surface area contributed by atoms with Gasteiger partial charge in [0.1, 0.15) is 35.1 Å². The Hall–Kier alpha value is -2.64. The quantitative estimate of drug-likeness (QED) is 0.463. The first-order valence-electron chi connectivity index (χ1n) is 9.84. The first-order valence-corrected chi connectivity index (χ1v) is 10.2. The fourth-order valence-corrected chi connectivity index (χ4v) is 4.54. The predicted octanol–water partition coefficient (Wildman–Crippen LogP) is 2.19. The molecular formula is C23H22N2O5S. The molecule has 1 saturated heterocycles. The fourth-order valence-electron chi connectivity index (χ4n) is 4.14. The van der Waals surface area contributed by atoms with Crippen LogP contribution in [0.5, 0.6) is 0 Å². The number of nitrogens with zero attached hydrogens (tertiary/aromatic N) is 2. The Balaban J connectivity index is 1.91. The molecule has 7 nitrogen and oxygen atoms in total. The maximum absolute atomic E-state index is 10.5. The van der Waals surface area contributed by atoms with Gasteiger partial charge in [0.15, 0.2) is 6.23 Å². The summed E-state index contributed by atoms with van der Waals surface area (Å²) in [6, 6.07) is 17.6. The van der Waals surface area contributed by atoms with Crippen LogP contribution in [0.2, 0.25) is 0 Å². The number of hydrogen-bond acceptors (Lipinski definition) is 7. The topological polar surface area (TPSA) is 119 Å². The van der Waals surface area contributed by atoms with Gasteiger partial charge in [-0.25, -0.2) is 0 Å². The van der Waals surface area contributed by atoms with Gasteiger partial charge in [0.05, 0.1) is 12.2 Å². The van der Waals surface area contributed by atoms with Crippen LogP contribution in [-0.2, 0) is 4.74 Å². The van der Waals surface area contributed by atoms with Crippen molar-refractivity contribution in [1.82, 2.24) is 4.57 Å². The van der Waals surface area contributed by atoms with E-state index in [1.165, 1.54) is 4.57 Å². The molecule has 4 N–H and O–H groups in total. The number of pyridine rings is 1. The number of aryl methyl sites for hydroxylation is 1. The van der Waals surface area contributed by atoms with Crippen molar-refractivity contribution in [3.63, 3.8) is 0 Å². The van der Waals surface area contributed by atoms with E-state index in [4.69, 9.17) is 17.0 Å². The van der Waals surface area contributed by atoms with Crippen LogP contribution in [-0.4, -0.2) is 56.0 Å². The molecule has 1 fully saturated rings. The lowest BCUT2D eigenvalue weighted by Crippen LogP contribution is -2.56. The van der Waals surface area contributed by atoms with Crippen molar-refractivity contribution in [3.05, 3.63) is 64.4 Å². The number of benzene rings is 2. The van der Waals surface area contributed by atoms with Crippen LogP contribution in [0.4, 0.5) is 0 Å². The van der Waals surface area contributed by atoms with Crippen LogP contribution in [0.15, 0.2) is 48.5 Å². The molecule has 0 bridgehead atoms. The third-order valence-electron chi connectivity index (χ3n) is 5.75. The molecule has 31 heavy (non-hydrogen) atoms. The first-order chi connectivity index (χ1) is 14.9. The molecule has 0 spiro atoms. The first kappa shape index (κ1) is 21.6. The second kappa shape index (κ2) is 8.48. The highest BCUT2D eigenvalue weighted by Gasteiger charge is 2.44. The molecule has 8 heteroatoms. The fraction of sp³-hybridized carbons (Fsp3) is 0.304. The van der Waals surface area contributed by atoms with E-state index in [9.17, 15) is 25.7 Å². The summed E-state index contributed by atoms with van der Waals surface area (Å²) in [5.74, 6) is 0. The molecule has 5 atom stereocenters. The molecule has 3 aromatic rings. The monoisotopic (exact) mass is 438 g/mol. The van der Waals surface area contributed by atoms with Crippen molar-refractivity contribution in [3.8, 4) is 17.2 Å². The van der Waals surface area contributed by atoms with Gasteiger partial charge in [-0.05, 0) is 29.3 Å². The Labute approximate surface area is 184 Å². The van der Waals surface area contributed by atoms with Crippen LogP contribution in [0.3, 0.4) is 0 Å². The smallest absolute Gasteiger partial charge is 0.164 e. The zero-order valence-electron chi connectivity index (χ0n) is 16.7. The van der Waals surface area contributed by atoms with Crippen molar-refractivity contribution >= 4 is 23.0 Å². The van der Waals surface area contributed by atoms with E-state index in [1.54, 1.807) is 13.0 Å². The van der Waals surface area contributed by atoms with Crippen LogP contribution >= 0.6 is 12.2 Å². The Morgan fingerprint density at radius 1 is 1.03 bits per heavy atom. The van der Waals surface area contributed by atoms with E-state index in [0.717, 1.165) is 16.3 Å². The average molecular weight is 439 g/mol. The molecule has 0 radical (unpaired) electrons. The Bertz CT molecular complexity index is 1230. The highest BCUT2D eigenvalue weighted by atomic mass is 32.1. The van der Waals surface area contributed by atoms with Crippen LogP contribution in [0.25, 0.3) is 21.9 Å². The normalized spacial score (nSPS) is 26.0. The molecule has 2 aromatic carbocycles. The van der Waals surface area contributed by atoms with Gasteiger partial charge in [-0.15, -0.1) is 0 Å². The molecule has 160 valence electrons. The summed E-state index contributed by atoms with van der Waals surface area (Å²) in [4.78, 5) is 0. The van der Waals surface area contributed by atoms with Gasteiger partial charge in [-0.3, -0.25) is 0 Å². The molecular weight excluding hydrogens is 416 g/mol. The number of hydrogen-bond donors (Lipinski definition) is 4. The predicted molar refractivity (Wildman–Crippen MR) is 117 cm³/mol. The van der Waals surface area contributed by atoms with Gasteiger partial charge in [0, 0.05) is 11.3 Å². The number of rotatable bonds is 3. The number of nitriles is 1. The van der Waals surface area contributed by atoms with Crippen LogP contribution in [0.1, 0.15) is 17.5 Å². The molecule has 0 saturated carbocycles. The minimum atomic E-state index is -1.54. The standard InChI is InChI=1S/C23H22N2O5S/c1-12-9-16(15-8-4-6-13-5-2-3-7-14(13)15)17(10-24)23(31)25(12)22-21(29)20(28)19(27)18(11-26)30-22/h2-9,18-22,26-29H,11H2,1H3/t18-,19+,20+,21+,22+/m0/s1. The molecule has 0 aliphatic carbocycles. The molecule has 0 amide bonds. The van der Waals surface area contributed by atoms with E-state index < -0.39 is 37.3 Å². The highest BCUT2D eigenvalue weighted by Crippen LogP contribution is 2.35. The molecule has 1 aliphatic rings. The van der Waals surface area contributed by atoms with Crippen LogP contribution in [0, 0.1) is 22.9 Å². The van der Waals surface area contributed by atoms with E-state index >= 15 is 0 Å². The van der Waals surface area contributed by atoms with Crippen molar-refractivity contribution in [2.75, 3.05) is 6.61 Å². The lowest BCUT2D eigenvalue weighted by Gasteiger charge is -2.41. The Morgan fingerprint density at radius 3 is 2.45 bits per heavy atom. The zero-order chi connectivity index (χ0) is 22.3. The Morgan fingerprint density at radius 2 is 1.74 bits per heavy atom. The van der Waals surface area contributed by atoms with Crippen molar-refractivity contribution in [2.24, 2.45) is 0 Å². The maximum Gasteiger partial charge on any atom is 0.164 e. The molecule has 1 aliphatic heterocycles. The zero-order valence-corrected chi connectivity index (χ0v) is 17.5. The summed E-state index contributed by atoms with van der Waals surface area (Å²) >= 11 is 5.61. The van der Waals surface area contributed by atoms with E-state index in [-0.39, 0.29) is 10.2 Å². The summed E-state index contributed by atoms with van der Waals surface area (Å²) in [5.41, 5.74) is 2.33. The number of ether oxygens (including phenoxy) is 1. The SMILES string of the molecule is Cc1cc(-c2cccc3ccccc23)c(C#N)c(=S)n1[C@@H]1O[C@@H](CO)[C@@H](O)[C@@H](O)[C@H]1O.